The molecule has 0 amide bonds. The summed E-state index contributed by atoms with van der Waals surface area (Å²) < 4.78 is 10.8. The number of ketones is 1. The summed E-state index contributed by atoms with van der Waals surface area (Å²) in [7, 11) is 0. The van der Waals surface area contributed by atoms with Crippen LogP contribution in [0.3, 0.4) is 0 Å². The summed E-state index contributed by atoms with van der Waals surface area (Å²) in [4.78, 5) is 14.3. The van der Waals surface area contributed by atoms with E-state index in [4.69, 9.17) is 9.47 Å². The molecule has 1 aromatic rings. The van der Waals surface area contributed by atoms with Gasteiger partial charge in [0.2, 0.25) is 0 Å². The predicted octanol–water partition coefficient (Wildman–Crippen LogP) is 2.17. The van der Waals surface area contributed by atoms with Crippen molar-refractivity contribution in [3.05, 3.63) is 35.9 Å². The Labute approximate surface area is 128 Å². The van der Waals surface area contributed by atoms with Crippen LogP contribution >= 0.6 is 0 Å². The van der Waals surface area contributed by atoms with Gasteiger partial charge in [-0.05, 0) is 19.4 Å². The molecule has 0 aromatic heterocycles. The number of benzene rings is 1. The van der Waals surface area contributed by atoms with Gasteiger partial charge in [-0.1, -0.05) is 30.3 Å². The van der Waals surface area contributed by atoms with Crippen LogP contribution < -0.4 is 0 Å². The van der Waals surface area contributed by atoms with Gasteiger partial charge in [-0.2, -0.15) is 0 Å². The molecule has 0 saturated heterocycles. The van der Waals surface area contributed by atoms with Crippen LogP contribution in [0.1, 0.15) is 19.4 Å². The minimum Gasteiger partial charge on any atom is -0.380 e. The molecule has 0 N–H and O–H groups in total. The number of hydrogen-bond acceptors (Lipinski definition) is 4. The van der Waals surface area contributed by atoms with Gasteiger partial charge in [-0.25, -0.2) is 0 Å². The minimum absolute atomic E-state index is 0.231. The van der Waals surface area contributed by atoms with Crippen molar-refractivity contribution >= 4 is 5.78 Å². The SMILES string of the molecule is CCOCCN(CCOCC)CC(=O)Cc1ccccc1. The van der Waals surface area contributed by atoms with E-state index in [2.05, 4.69) is 4.90 Å². The normalized spacial score (nSPS) is 11.0. The maximum atomic E-state index is 12.2. The Morgan fingerprint density at radius 3 is 2.10 bits per heavy atom. The number of rotatable bonds is 12. The molecule has 0 heterocycles. The summed E-state index contributed by atoms with van der Waals surface area (Å²) >= 11 is 0. The highest BCUT2D eigenvalue weighted by molar-refractivity contribution is 5.82. The molecule has 0 unspecified atom stereocenters. The zero-order valence-corrected chi connectivity index (χ0v) is 13.2. The fourth-order valence-electron chi connectivity index (χ4n) is 2.07. The van der Waals surface area contributed by atoms with Gasteiger partial charge in [0.1, 0.15) is 0 Å². The first kappa shape index (κ1) is 17.8. The summed E-state index contributed by atoms with van der Waals surface area (Å²) in [6.45, 7) is 8.66. The molecule has 0 saturated carbocycles. The molecule has 118 valence electrons. The maximum absolute atomic E-state index is 12.2. The monoisotopic (exact) mass is 293 g/mol. The molecule has 0 spiro atoms. The van der Waals surface area contributed by atoms with Crippen molar-refractivity contribution in [2.45, 2.75) is 20.3 Å². The number of Topliss-reactive ketones (excluding diaryl/α,β-unsaturated/α-hetero) is 1. The number of carbonyl (C=O) groups excluding carboxylic acids is 1. The van der Waals surface area contributed by atoms with E-state index >= 15 is 0 Å². The standard InChI is InChI=1S/C17H27NO3/c1-3-20-12-10-18(11-13-21-4-2)15-17(19)14-16-8-6-5-7-9-16/h5-9H,3-4,10-15H2,1-2H3. The largest absolute Gasteiger partial charge is 0.380 e. The van der Waals surface area contributed by atoms with Gasteiger partial charge in [0, 0.05) is 32.7 Å². The zero-order chi connectivity index (χ0) is 15.3. The highest BCUT2D eigenvalue weighted by Crippen LogP contribution is 2.01. The van der Waals surface area contributed by atoms with Crippen molar-refractivity contribution in [1.29, 1.82) is 0 Å². The Morgan fingerprint density at radius 1 is 1.00 bits per heavy atom. The lowest BCUT2D eigenvalue weighted by molar-refractivity contribution is -0.119. The summed E-state index contributed by atoms with van der Waals surface area (Å²) in [5.41, 5.74) is 1.07. The second-order valence-corrected chi connectivity index (χ2v) is 4.87. The summed E-state index contributed by atoms with van der Waals surface area (Å²) in [6, 6.07) is 9.87. The molecule has 0 radical (unpaired) electrons. The van der Waals surface area contributed by atoms with E-state index in [1.165, 1.54) is 0 Å². The highest BCUT2D eigenvalue weighted by Gasteiger charge is 2.11. The Kier molecular flexibility index (Phi) is 9.70. The Hall–Kier alpha value is -1.23. The van der Waals surface area contributed by atoms with E-state index in [0.717, 1.165) is 18.7 Å². The molecule has 0 fully saturated rings. The smallest absolute Gasteiger partial charge is 0.151 e. The number of hydrogen-bond donors (Lipinski definition) is 0. The number of ether oxygens (including phenoxy) is 2. The lowest BCUT2D eigenvalue weighted by Crippen LogP contribution is -2.36. The lowest BCUT2D eigenvalue weighted by Gasteiger charge is -2.21. The zero-order valence-electron chi connectivity index (χ0n) is 13.2. The molecule has 0 atom stereocenters. The van der Waals surface area contributed by atoms with Crippen LogP contribution in [0.2, 0.25) is 0 Å². The molecular formula is C17H27NO3. The molecule has 0 aliphatic heterocycles. The fourth-order valence-corrected chi connectivity index (χ4v) is 2.07. The molecule has 0 bridgehead atoms. The van der Waals surface area contributed by atoms with Crippen molar-refractivity contribution in [3.63, 3.8) is 0 Å². The second-order valence-electron chi connectivity index (χ2n) is 4.87. The average molecular weight is 293 g/mol. The second kappa shape index (κ2) is 11.4. The first-order chi connectivity index (χ1) is 10.3. The quantitative estimate of drug-likeness (QED) is 0.554. The van der Waals surface area contributed by atoms with E-state index in [1.54, 1.807) is 0 Å². The summed E-state index contributed by atoms with van der Waals surface area (Å²) in [6.07, 6.45) is 0.487. The molecule has 0 aliphatic rings. The van der Waals surface area contributed by atoms with Crippen molar-refractivity contribution in [2.24, 2.45) is 0 Å². The topological polar surface area (TPSA) is 38.8 Å². The van der Waals surface area contributed by atoms with Crippen molar-refractivity contribution in [2.75, 3.05) is 46.1 Å². The molecule has 1 rings (SSSR count). The van der Waals surface area contributed by atoms with E-state index in [1.807, 2.05) is 44.2 Å². The van der Waals surface area contributed by atoms with Crippen LogP contribution in [0.5, 0.6) is 0 Å². The van der Waals surface area contributed by atoms with Gasteiger partial charge in [-0.15, -0.1) is 0 Å². The van der Waals surface area contributed by atoms with Crippen LogP contribution in [-0.2, 0) is 20.7 Å². The Balaban J connectivity index is 2.39. The van der Waals surface area contributed by atoms with Gasteiger partial charge >= 0.3 is 0 Å². The molecule has 21 heavy (non-hydrogen) atoms. The maximum Gasteiger partial charge on any atom is 0.151 e. The van der Waals surface area contributed by atoms with Gasteiger partial charge in [0.25, 0.3) is 0 Å². The third-order valence-electron chi connectivity index (χ3n) is 3.16. The molecule has 1 aromatic carbocycles. The summed E-state index contributed by atoms with van der Waals surface area (Å²) in [5.74, 6) is 0.231. The highest BCUT2D eigenvalue weighted by atomic mass is 16.5. The van der Waals surface area contributed by atoms with E-state index in [-0.39, 0.29) is 5.78 Å². The molecule has 0 aliphatic carbocycles. The lowest BCUT2D eigenvalue weighted by atomic mass is 10.1. The first-order valence-corrected chi connectivity index (χ1v) is 7.69. The van der Waals surface area contributed by atoms with Crippen molar-refractivity contribution < 1.29 is 14.3 Å². The van der Waals surface area contributed by atoms with Crippen LogP contribution in [0.4, 0.5) is 0 Å². The average Bonchev–Trinajstić information content (AvgIpc) is 2.48. The van der Waals surface area contributed by atoms with Gasteiger partial charge in [-0.3, -0.25) is 9.69 Å². The van der Waals surface area contributed by atoms with Gasteiger partial charge < -0.3 is 9.47 Å². The van der Waals surface area contributed by atoms with E-state index in [9.17, 15) is 4.79 Å². The van der Waals surface area contributed by atoms with Crippen molar-refractivity contribution in [1.82, 2.24) is 4.90 Å². The van der Waals surface area contributed by atoms with Crippen molar-refractivity contribution in [3.8, 4) is 0 Å². The minimum atomic E-state index is 0.231. The van der Waals surface area contributed by atoms with Crippen LogP contribution in [0.15, 0.2) is 30.3 Å². The van der Waals surface area contributed by atoms with E-state index < -0.39 is 0 Å². The Morgan fingerprint density at radius 2 is 1.57 bits per heavy atom. The first-order valence-electron chi connectivity index (χ1n) is 7.69. The third kappa shape index (κ3) is 8.60. The number of carbonyl (C=O) groups is 1. The molecular weight excluding hydrogens is 266 g/mol. The fraction of sp³-hybridized carbons (Fsp3) is 0.588. The van der Waals surface area contributed by atoms with Crippen LogP contribution in [-0.4, -0.2) is 56.7 Å². The molecule has 4 heteroatoms. The Bertz CT molecular complexity index is 371. The third-order valence-corrected chi connectivity index (χ3v) is 3.16. The van der Waals surface area contributed by atoms with Gasteiger partial charge in [0.15, 0.2) is 5.78 Å². The van der Waals surface area contributed by atoms with Gasteiger partial charge in [0.05, 0.1) is 19.8 Å². The summed E-state index contributed by atoms with van der Waals surface area (Å²) in [5, 5.41) is 0. The van der Waals surface area contributed by atoms with E-state index in [0.29, 0.717) is 39.4 Å². The number of nitrogens with zero attached hydrogens (tertiary/aromatic N) is 1. The van der Waals surface area contributed by atoms with Crippen LogP contribution in [0.25, 0.3) is 0 Å². The predicted molar refractivity (Wildman–Crippen MR) is 84.6 cm³/mol. The molecule has 4 nitrogen and oxygen atoms in total. The van der Waals surface area contributed by atoms with Crippen LogP contribution in [0, 0.1) is 0 Å².